The number of hydrogen-bond donors (Lipinski definition) is 1. The van der Waals surface area contributed by atoms with Crippen molar-refractivity contribution in [1.29, 1.82) is 0 Å². The minimum atomic E-state index is 0.857. The molecule has 0 spiro atoms. The molecule has 1 saturated heterocycles. The van der Waals surface area contributed by atoms with E-state index in [1.165, 1.54) is 38.8 Å². The topological polar surface area (TPSA) is 32.6 Å². The van der Waals surface area contributed by atoms with Crippen molar-refractivity contribution in [1.82, 2.24) is 19.6 Å². The zero-order valence-corrected chi connectivity index (χ0v) is 12.1. The second kappa shape index (κ2) is 6.86. The summed E-state index contributed by atoms with van der Waals surface area (Å²) in [5, 5.41) is 3.51. The Morgan fingerprint density at radius 1 is 1.10 bits per heavy atom. The first-order valence-corrected chi connectivity index (χ1v) is 7.77. The zero-order valence-electron chi connectivity index (χ0n) is 12.1. The van der Waals surface area contributed by atoms with Crippen molar-refractivity contribution < 1.29 is 0 Å². The summed E-state index contributed by atoms with van der Waals surface area (Å²) in [7, 11) is 0. The Labute approximate surface area is 120 Å². The highest BCUT2D eigenvalue weighted by Gasteiger charge is 2.08. The molecular weight excluding hydrogens is 248 g/mol. The van der Waals surface area contributed by atoms with Crippen molar-refractivity contribution in [2.24, 2.45) is 0 Å². The highest BCUT2D eigenvalue weighted by molar-refractivity contribution is 5.39. The molecule has 0 radical (unpaired) electrons. The second-order valence-corrected chi connectivity index (χ2v) is 5.63. The van der Waals surface area contributed by atoms with Gasteiger partial charge in [-0.05, 0) is 38.1 Å². The molecule has 0 amide bonds. The minimum absolute atomic E-state index is 0.857. The quantitative estimate of drug-likeness (QED) is 0.848. The molecule has 2 aromatic rings. The molecular formula is C16H24N4. The van der Waals surface area contributed by atoms with Gasteiger partial charge in [-0.25, -0.2) is 4.98 Å². The van der Waals surface area contributed by atoms with Crippen LogP contribution < -0.4 is 5.32 Å². The van der Waals surface area contributed by atoms with Crippen molar-refractivity contribution in [3.63, 3.8) is 0 Å². The molecule has 0 bridgehead atoms. The van der Waals surface area contributed by atoms with Crippen molar-refractivity contribution in [2.45, 2.75) is 32.2 Å². The van der Waals surface area contributed by atoms with Crippen molar-refractivity contribution in [2.75, 3.05) is 26.2 Å². The molecule has 108 valence electrons. The van der Waals surface area contributed by atoms with Crippen LogP contribution in [0, 0.1) is 0 Å². The normalized spacial score (nSPS) is 17.4. The van der Waals surface area contributed by atoms with Crippen LogP contribution in [0.15, 0.2) is 30.6 Å². The molecule has 20 heavy (non-hydrogen) atoms. The van der Waals surface area contributed by atoms with Crippen LogP contribution in [0.1, 0.15) is 31.4 Å². The van der Waals surface area contributed by atoms with Gasteiger partial charge in [0.15, 0.2) is 0 Å². The Balaban J connectivity index is 1.43. The van der Waals surface area contributed by atoms with E-state index in [1.54, 1.807) is 0 Å². The van der Waals surface area contributed by atoms with Gasteiger partial charge in [0.1, 0.15) is 5.65 Å². The third-order valence-electron chi connectivity index (χ3n) is 4.02. The average molecular weight is 272 g/mol. The van der Waals surface area contributed by atoms with Crippen LogP contribution in [-0.4, -0.2) is 40.5 Å². The van der Waals surface area contributed by atoms with E-state index in [0.717, 1.165) is 31.0 Å². The van der Waals surface area contributed by atoms with E-state index < -0.39 is 0 Å². The van der Waals surface area contributed by atoms with Crippen LogP contribution in [0.5, 0.6) is 0 Å². The van der Waals surface area contributed by atoms with E-state index in [4.69, 9.17) is 0 Å². The number of pyridine rings is 1. The number of nitrogens with one attached hydrogen (secondary N) is 1. The molecule has 0 unspecified atom stereocenters. The number of nitrogens with zero attached hydrogens (tertiary/aromatic N) is 3. The standard InChI is InChI=1S/C16H24N4/c1-2-5-10-19(9-4-1)12-8-17-13-15-14-20-11-6-3-7-16(20)18-15/h3,6-7,11,14,17H,1-2,4-5,8-10,12-13H2. The summed E-state index contributed by atoms with van der Waals surface area (Å²) >= 11 is 0. The third kappa shape index (κ3) is 3.58. The van der Waals surface area contributed by atoms with E-state index >= 15 is 0 Å². The number of rotatable bonds is 5. The van der Waals surface area contributed by atoms with E-state index in [-0.39, 0.29) is 0 Å². The number of imidazole rings is 1. The molecule has 0 saturated carbocycles. The SMILES string of the molecule is c1ccn2cc(CNCCN3CCCCCC3)nc2c1. The maximum Gasteiger partial charge on any atom is 0.137 e. The summed E-state index contributed by atoms with van der Waals surface area (Å²) in [6, 6.07) is 6.10. The van der Waals surface area contributed by atoms with E-state index in [9.17, 15) is 0 Å². The maximum atomic E-state index is 4.60. The molecule has 2 aromatic heterocycles. The molecule has 4 heteroatoms. The van der Waals surface area contributed by atoms with Crippen LogP contribution >= 0.6 is 0 Å². The van der Waals surface area contributed by atoms with E-state index in [0.29, 0.717) is 0 Å². The third-order valence-corrected chi connectivity index (χ3v) is 4.02. The lowest BCUT2D eigenvalue weighted by Gasteiger charge is -2.19. The number of hydrogen-bond acceptors (Lipinski definition) is 3. The second-order valence-electron chi connectivity index (χ2n) is 5.63. The van der Waals surface area contributed by atoms with Gasteiger partial charge in [-0.3, -0.25) is 0 Å². The van der Waals surface area contributed by atoms with Gasteiger partial charge in [-0.15, -0.1) is 0 Å². The van der Waals surface area contributed by atoms with Crippen molar-refractivity contribution in [3.05, 3.63) is 36.3 Å². The zero-order chi connectivity index (χ0) is 13.6. The summed E-state index contributed by atoms with van der Waals surface area (Å²) in [5.41, 5.74) is 2.14. The van der Waals surface area contributed by atoms with Gasteiger partial charge < -0.3 is 14.6 Å². The first kappa shape index (κ1) is 13.6. The first-order valence-electron chi connectivity index (χ1n) is 7.77. The van der Waals surface area contributed by atoms with Gasteiger partial charge in [0, 0.05) is 32.0 Å². The Hall–Kier alpha value is -1.39. The first-order chi connectivity index (χ1) is 9.92. The summed E-state index contributed by atoms with van der Waals surface area (Å²) < 4.78 is 2.08. The van der Waals surface area contributed by atoms with E-state index in [1.807, 2.05) is 24.4 Å². The molecule has 0 aromatic carbocycles. The predicted molar refractivity (Wildman–Crippen MR) is 81.8 cm³/mol. The molecule has 1 aliphatic rings. The Morgan fingerprint density at radius 2 is 1.95 bits per heavy atom. The van der Waals surface area contributed by atoms with E-state index in [2.05, 4.69) is 25.8 Å². The highest BCUT2D eigenvalue weighted by atomic mass is 15.1. The summed E-state index contributed by atoms with van der Waals surface area (Å²) in [6.45, 7) is 5.61. The smallest absolute Gasteiger partial charge is 0.137 e. The summed E-state index contributed by atoms with van der Waals surface area (Å²) in [5.74, 6) is 0. The number of aromatic nitrogens is 2. The largest absolute Gasteiger partial charge is 0.310 e. The predicted octanol–water partition coefficient (Wildman–Crippen LogP) is 2.30. The molecule has 1 aliphatic heterocycles. The van der Waals surface area contributed by atoms with Gasteiger partial charge in [-0.2, -0.15) is 0 Å². The monoisotopic (exact) mass is 272 g/mol. The van der Waals surface area contributed by atoms with Crippen molar-refractivity contribution >= 4 is 5.65 Å². The van der Waals surface area contributed by atoms with Crippen LogP contribution in [0.3, 0.4) is 0 Å². The van der Waals surface area contributed by atoms with Gasteiger partial charge >= 0.3 is 0 Å². The maximum absolute atomic E-state index is 4.60. The lowest BCUT2D eigenvalue weighted by Crippen LogP contribution is -2.32. The van der Waals surface area contributed by atoms with Crippen LogP contribution in [0.4, 0.5) is 0 Å². The van der Waals surface area contributed by atoms with Gasteiger partial charge in [0.25, 0.3) is 0 Å². The van der Waals surface area contributed by atoms with Gasteiger partial charge in [0.05, 0.1) is 5.69 Å². The molecule has 0 aliphatic carbocycles. The fourth-order valence-electron chi connectivity index (χ4n) is 2.89. The van der Waals surface area contributed by atoms with Crippen molar-refractivity contribution in [3.8, 4) is 0 Å². The molecule has 3 rings (SSSR count). The lowest BCUT2D eigenvalue weighted by molar-refractivity contribution is 0.284. The molecule has 1 fully saturated rings. The average Bonchev–Trinajstić information content (AvgIpc) is 2.70. The fourth-order valence-corrected chi connectivity index (χ4v) is 2.89. The highest BCUT2D eigenvalue weighted by Crippen LogP contribution is 2.08. The minimum Gasteiger partial charge on any atom is -0.310 e. The summed E-state index contributed by atoms with van der Waals surface area (Å²) in [4.78, 5) is 7.19. The Bertz CT molecular complexity index is 493. The molecule has 3 heterocycles. The summed E-state index contributed by atoms with van der Waals surface area (Å²) in [6.07, 6.45) is 9.70. The molecule has 4 nitrogen and oxygen atoms in total. The van der Waals surface area contributed by atoms with Gasteiger partial charge in [0.2, 0.25) is 0 Å². The van der Waals surface area contributed by atoms with Crippen LogP contribution in [-0.2, 0) is 6.54 Å². The van der Waals surface area contributed by atoms with Crippen LogP contribution in [0.2, 0.25) is 0 Å². The Morgan fingerprint density at radius 3 is 2.75 bits per heavy atom. The molecule has 1 N–H and O–H groups in total. The number of fused-ring (bicyclic) bond motifs is 1. The molecule has 0 atom stereocenters. The van der Waals surface area contributed by atoms with Gasteiger partial charge in [-0.1, -0.05) is 18.9 Å². The van der Waals surface area contributed by atoms with Crippen LogP contribution in [0.25, 0.3) is 5.65 Å². The fraction of sp³-hybridized carbons (Fsp3) is 0.562. The number of likely N-dealkylation sites (tertiary alicyclic amines) is 1. The lowest BCUT2D eigenvalue weighted by atomic mass is 10.2. The Kier molecular flexibility index (Phi) is 4.66.